The average Bonchev–Trinajstić information content (AvgIpc) is 2.44. The molecule has 0 aliphatic rings. The summed E-state index contributed by atoms with van der Waals surface area (Å²) < 4.78 is 10.5. The number of ether oxygens (including phenoxy) is 2. The second-order valence-electron chi connectivity index (χ2n) is 5.43. The van der Waals surface area contributed by atoms with E-state index in [1.165, 1.54) is 0 Å². The minimum atomic E-state index is -0.0631. The van der Waals surface area contributed by atoms with Gasteiger partial charge in [0.15, 0.2) is 11.5 Å². The standard InChI is InChI=1S/C16H25NO3/c1-11(2)10-17-16(18)12(3)8-13-6-7-14(19-4)15(9-13)20-5/h6-7,9,11-12H,8,10H2,1-5H3,(H,17,18). The summed E-state index contributed by atoms with van der Waals surface area (Å²) in [4.78, 5) is 12.0. The van der Waals surface area contributed by atoms with E-state index in [4.69, 9.17) is 9.47 Å². The maximum absolute atomic E-state index is 12.0. The highest BCUT2D eigenvalue weighted by Gasteiger charge is 2.14. The zero-order valence-electron chi connectivity index (χ0n) is 13.0. The molecular formula is C16H25NO3. The number of carbonyl (C=O) groups is 1. The quantitative estimate of drug-likeness (QED) is 0.834. The molecule has 20 heavy (non-hydrogen) atoms. The first-order chi connectivity index (χ1) is 9.47. The van der Waals surface area contributed by atoms with E-state index in [-0.39, 0.29) is 11.8 Å². The van der Waals surface area contributed by atoms with Gasteiger partial charge in [-0.1, -0.05) is 26.8 Å². The normalized spacial score (nSPS) is 12.1. The summed E-state index contributed by atoms with van der Waals surface area (Å²) in [5, 5.41) is 2.96. The third-order valence-corrected chi connectivity index (χ3v) is 3.12. The highest BCUT2D eigenvalue weighted by Crippen LogP contribution is 2.28. The van der Waals surface area contributed by atoms with Crippen LogP contribution in [-0.4, -0.2) is 26.7 Å². The van der Waals surface area contributed by atoms with Crippen molar-refractivity contribution < 1.29 is 14.3 Å². The summed E-state index contributed by atoms with van der Waals surface area (Å²) >= 11 is 0. The lowest BCUT2D eigenvalue weighted by atomic mass is 9.99. The number of methoxy groups -OCH3 is 2. The van der Waals surface area contributed by atoms with Crippen molar-refractivity contribution in [3.63, 3.8) is 0 Å². The zero-order valence-corrected chi connectivity index (χ0v) is 13.0. The Morgan fingerprint density at radius 2 is 1.80 bits per heavy atom. The van der Waals surface area contributed by atoms with Gasteiger partial charge in [0.05, 0.1) is 14.2 Å². The summed E-state index contributed by atoms with van der Waals surface area (Å²) in [7, 11) is 3.22. The summed E-state index contributed by atoms with van der Waals surface area (Å²) in [6, 6.07) is 5.76. The Morgan fingerprint density at radius 1 is 1.15 bits per heavy atom. The molecule has 1 rings (SSSR count). The first-order valence-electron chi connectivity index (χ1n) is 6.96. The number of amides is 1. The van der Waals surface area contributed by atoms with Crippen LogP contribution in [0, 0.1) is 11.8 Å². The Hall–Kier alpha value is -1.71. The van der Waals surface area contributed by atoms with Gasteiger partial charge in [0.2, 0.25) is 5.91 Å². The molecule has 1 aromatic rings. The van der Waals surface area contributed by atoms with Crippen LogP contribution >= 0.6 is 0 Å². The molecule has 0 saturated carbocycles. The molecule has 0 radical (unpaired) electrons. The van der Waals surface area contributed by atoms with E-state index in [0.29, 0.717) is 23.8 Å². The third-order valence-electron chi connectivity index (χ3n) is 3.12. The molecule has 0 bridgehead atoms. The Labute approximate surface area is 121 Å². The van der Waals surface area contributed by atoms with Gasteiger partial charge >= 0.3 is 0 Å². The summed E-state index contributed by atoms with van der Waals surface area (Å²) in [6.07, 6.45) is 0.685. The van der Waals surface area contributed by atoms with Crippen molar-refractivity contribution in [2.75, 3.05) is 20.8 Å². The molecule has 4 heteroatoms. The SMILES string of the molecule is COc1ccc(CC(C)C(=O)NCC(C)C)cc1OC. The molecule has 112 valence electrons. The highest BCUT2D eigenvalue weighted by molar-refractivity contribution is 5.78. The summed E-state index contributed by atoms with van der Waals surface area (Å²) in [5.41, 5.74) is 1.06. The number of benzene rings is 1. The molecule has 0 aliphatic carbocycles. The largest absolute Gasteiger partial charge is 0.493 e. The Kier molecular flexibility index (Phi) is 6.36. The van der Waals surface area contributed by atoms with Crippen LogP contribution in [0.4, 0.5) is 0 Å². The van der Waals surface area contributed by atoms with Gasteiger partial charge in [-0.25, -0.2) is 0 Å². The van der Waals surface area contributed by atoms with Gasteiger partial charge < -0.3 is 14.8 Å². The maximum Gasteiger partial charge on any atom is 0.223 e. The molecule has 0 spiro atoms. The second-order valence-corrected chi connectivity index (χ2v) is 5.43. The van der Waals surface area contributed by atoms with Crippen molar-refractivity contribution in [2.45, 2.75) is 27.2 Å². The van der Waals surface area contributed by atoms with Gasteiger partial charge in [0.25, 0.3) is 0 Å². The molecule has 0 aliphatic heterocycles. The number of carbonyl (C=O) groups excluding carboxylic acids is 1. The van der Waals surface area contributed by atoms with Crippen molar-refractivity contribution in [1.29, 1.82) is 0 Å². The van der Waals surface area contributed by atoms with Gasteiger partial charge in [-0.2, -0.15) is 0 Å². The van der Waals surface area contributed by atoms with E-state index in [9.17, 15) is 4.79 Å². The fourth-order valence-corrected chi connectivity index (χ4v) is 1.93. The lowest BCUT2D eigenvalue weighted by molar-refractivity contribution is -0.124. The van der Waals surface area contributed by atoms with E-state index in [1.807, 2.05) is 25.1 Å². The summed E-state index contributed by atoms with van der Waals surface area (Å²) in [6.45, 7) is 6.82. The molecule has 0 saturated heterocycles. The van der Waals surface area contributed by atoms with Crippen LogP contribution in [0.25, 0.3) is 0 Å². The van der Waals surface area contributed by atoms with Crippen molar-refractivity contribution in [3.8, 4) is 11.5 Å². The van der Waals surface area contributed by atoms with Crippen molar-refractivity contribution in [3.05, 3.63) is 23.8 Å². The van der Waals surface area contributed by atoms with E-state index in [2.05, 4.69) is 19.2 Å². The predicted octanol–water partition coefficient (Wildman–Crippen LogP) is 2.65. The number of nitrogens with one attached hydrogen (secondary N) is 1. The smallest absolute Gasteiger partial charge is 0.223 e. The predicted molar refractivity (Wildman–Crippen MR) is 80.3 cm³/mol. The molecule has 0 fully saturated rings. The summed E-state index contributed by atoms with van der Waals surface area (Å²) in [5.74, 6) is 1.89. The van der Waals surface area contributed by atoms with Gasteiger partial charge in [0, 0.05) is 12.5 Å². The van der Waals surface area contributed by atoms with Crippen LogP contribution in [-0.2, 0) is 11.2 Å². The Balaban J connectivity index is 2.65. The Bertz CT molecular complexity index is 443. The number of hydrogen-bond donors (Lipinski definition) is 1. The van der Waals surface area contributed by atoms with Crippen LogP contribution in [0.3, 0.4) is 0 Å². The lowest BCUT2D eigenvalue weighted by Gasteiger charge is -2.15. The molecule has 1 aromatic carbocycles. The topological polar surface area (TPSA) is 47.6 Å². The van der Waals surface area contributed by atoms with Gasteiger partial charge in [-0.05, 0) is 30.0 Å². The van der Waals surface area contributed by atoms with Crippen molar-refractivity contribution >= 4 is 5.91 Å². The second kappa shape index (κ2) is 7.78. The Morgan fingerprint density at radius 3 is 2.35 bits per heavy atom. The molecular weight excluding hydrogens is 254 g/mol. The van der Waals surface area contributed by atoms with Gasteiger partial charge in [-0.3, -0.25) is 4.79 Å². The molecule has 1 amide bonds. The van der Waals surface area contributed by atoms with Crippen LogP contribution in [0.5, 0.6) is 11.5 Å². The van der Waals surface area contributed by atoms with Crippen LogP contribution in [0.2, 0.25) is 0 Å². The molecule has 0 aromatic heterocycles. The fraction of sp³-hybridized carbons (Fsp3) is 0.562. The third kappa shape index (κ3) is 4.76. The molecule has 1 atom stereocenters. The molecule has 1 unspecified atom stereocenters. The molecule has 1 N–H and O–H groups in total. The van der Waals surface area contributed by atoms with E-state index < -0.39 is 0 Å². The molecule has 0 heterocycles. The first-order valence-corrected chi connectivity index (χ1v) is 6.96. The van der Waals surface area contributed by atoms with E-state index in [0.717, 1.165) is 12.1 Å². The number of hydrogen-bond acceptors (Lipinski definition) is 3. The van der Waals surface area contributed by atoms with Gasteiger partial charge in [0.1, 0.15) is 0 Å². The minimum Gasteiger partial charge on any atom is -0.493 e. The average molecular weight is 279 g/mol. The maximum atomic E-state index is 12.0. The van der Waals surface area contributed by atoms with Crippen molar-refractivity contribution in [2.24, 2.45) is 11.8 Å². The highest BCUT2D eigenvalue weighted by atomic mass is 16.5. The fourth-order valence-electron chi connectivity index (χ4n) is 1.93. The van der Waals surface area contributed by atoms with Crippen LogP contribution in [0.15, 0.2) is 18.2 Å². The van der Waals surface area contributed by atoms with E-state index in [1.54, 1.807) is 14.2 Å². The zero-order chi connectivity index (χ0) is 15.1. The van der Waals surface area contributed by atoms with Crippen LogP contribution in [0.1, 0.15) is 26.3 Å². The lowest BCUT2D eigenvalue weighted by Crippen LogP contribution is -2.32. The van der Waals surface area contributed by atoms with Crippen LogP contribution < -0.4 is 14.8 Å². The van der Waals surface area contributed by atoms with Crippen molar-refractivity contribution in [1.82, 2.24) is 5.32 Å². The first kappa shape index (κ1) is 16.3. The van der Waals surface area contributed by atoms with Gasteiger partial charge in [-0.15, -0.1) is 0 Å². The molecule has 4 nitrogen and oxygen atoms in total. The monoisotopic (exact) mass is 279 g/mol. The van der Waals surface area contributed by atoms with E-state index >= 15 is 0 Å². The number of rotatable bonds is 7. The minimum absolute atomic E-state index is 0.0631.